The molecule has 1 N–H and O–H groups in total. The number of halogens is 3. The maximum Gasteiger partial charge on any atom is 0.433 e. The van der Waals surface area contributed by atoms with E-state index in [9.17, 15) is 18.0 Å². The van der Waals surface area contributed by atoms with Gasteiger partial charge in [-0.1, -0.05) is 18.2 Å². The fourth-order valence-corrected chi connectivity index (χ4v) is 1.62. The van der Waals surface area contributed by atoms with Gasteiger partial charge in [0.05, 0.1) is 5.52 Å². The second-order valence-electron chi connectivity index (χ2n) is 3.41. The highest BCUT2D eigenvalue weighted by Crippen LogP contribution is 2.34. The number of hydrogen-bond acceptors (Lipinski definition) is 2. The molecular weight excluding hydrogens is 237 g/mol. The number of aliphatic carboxylic acids is 1. The SMILES string of the molecule is O=C(O)Cn1nc2ccccc2c1C(F)(F)F. The highest BCUT2D eigenvalue weighted by molar-refractivity contribution is 5.82. The van der Waals surface area contributed by atoms with Crippen LogP contribution in [0.5, 0.6) is 0 Å². The topological polar surface area (TPSA) is 55.1 Å². The lowest BCUT2D eigenvalue weighted by Crippen LogP contribution is -2.19. The second kappa shape index (κ2) is 3.76. The summed E-state index contributed by atoms with van der Waals surface area (Å²) in [5.41, 5.74) is -0.906. The summed E-state index contributed by atoms with van der Waals surface area (Å²) in [6.07, 6.45) is -4.63. The molecule has 17 heavy (non-hydrogen) atoms. The van der Waals surface area contributed by atoms with Crippen LogP contribution >= 0.6 is 0 Å². The average molecular weight is 244 g/mol. The summed E-state index contributed by atoms with van der Waals surface area (Å²) in [5.74, 6) is -1.37. The van der Waals surface area contributed by atoms with Gasteiger partial charge in [0.2, 0.25) is 0 Å². The van der Waals surface area contributed by atoms with Crippen molar-refractivity contribution < 1.29 is 23.1 Å². The maximum absolute atomic E-state index is 12.8. The number of hydrogen-bond donors (Lipinski definition) is 1. The zero-order valence-corrected chi connectivity index (χ0v) is 8.40. The third-order valence-electron chi connectivity index (χ3n) is 2.20. The van der Waals surface area contributed by atoms with Gasteiger partial charge in [-0.2, -0.15) is 18.3 Å². The third-order valence-corrected chi connectivity index (χ3v) is 2.20. The fourth-order valence-electron chi connectivity index (χ4n) is 1.62. The monoisotopic (exact) mass is 244 g/mol. The number of fused-ring (bicyclic) bond motifs is 1. The van der Waals surface area contributed by atoms with Gasteiger partial charge < -0.3 is 5.11 Å². The highest BCUT2D eigenvalue weighted by atomic mass is 19.4. The van der Waals surface area contributed by atoms with Gasteiger partial charge in [0, 0.05) is 5.39 Å². The van der Waals surface area contributed by atoms with E-state index in [1.807, 2.05) is 0 Å². The van der Waals surface area contributed by atoms with Gasteiger partial charge in [-0.3, -0.25) is 4.79 Å². The smallest absolute Gasteiger partial charge is 0.433 e. The van der Waals surface area contributed by atoms with E-state index in [4.69, 9.17) is 5.11 Å². The quantitative estimate of drug-likeness (QED) is 0.880. The molecule has 1 heterocycles. The van der Waals surface area contributed by atoms with Crippen LogP contribution in [0.1, 0.15) is 5.69 Å². The summed E-state index contributed by atoms with van der Waals surface area (Å²) in [6.45, 7) is -0.816. The molecule has 0 saturated carbocycles. The minimum atomic E-state index is -4.63. The number of alkyl halides is 3. The molecule has 0 aliphatic heterocycles. The van der Waals surface area contributed by atoms with Crippen molar-refractivity contribution in [1.29, 1.82) is 0 Å². The van der Waals surface area contributed by atoms with E-state index in [-0.39, 0.29) is 10.9 Å². The highest BCUT2D eigenvalue weighted by Gasteiger charge is 2.37. The fraction of sp³-hybridized carbons (Fsp3) is 0.200. The predicted molar refractivity (Wildman–Crippen MR) is 52.4 cm³/mol. The first-order chi connectivity index (χ1) is 7.89. The number of benzene rings is 1. The van der Waals surface area contributed by atoms with Crippen molar-refractivity contribution in [2.45, 2.75) is 12.7 Å². The molecule has 1 aromatic carbocycles. The van der Waals surface area contributed by atoms with Crippen LogP contribution in [-0.4, -0.2) is 20.9 Å². The van der Waals surface area contributed by atoms with Crippen LogP contribution in [0.2, 0.25) is 0 Å². The van der Waals surface area contributed by atoms with Gasteiger partial charge in [-0.25, -0.2) is 4.68 Å². The van der Waals surface area contributed by atoms with Crippen molar-refractivity contribution in [2.24, 2.45) is 0 Å². The number of carboxylic acids is 1. The lowest BCUT2D eigenvalue weighted by Gasteiger charge is -2.08. The summed E-state index contributed by atoms with van der Waals surface area (Å²) in [5, 5.41) is 12.1. The molecule has 0 radical (unpaired) electrons. The number of carboxylic acid groups (broad SMARTS) is 1. The van der Waals surface area contributed by atoms with Crippen LogP contribution < -0.4 is 0 Å². The Hall–Kier alpha value is -2.05. The first-order valence-corrected chi connectivity index (χ1v) is 4.64. The Balaban J connectivity index is 2.69. The Labute approximate surface area is 93.3 Å². The minimum absolute atomic E-state index is 0.0961. The van der Waals surface area contributed by atoms with Gasteiger partial charge in [0.1, 0.15) is 6.54 Å². The predicted octanol–water partition coefficient (Wildman–Crippen LogP) is 2.14. The molecule has 0 atom stereocenters. The second-order valence-corrected chi connectivity index (χ2v) is 3.41. The molecule has 4 nitrogen and oxygen atoms in total. The summed E-state index contributed by atoms with van der Waals surface area (Å²) in [6, 6.07) is 5.66. The zero-order valence-electron chi connectivity index (χ0n) is 8.40. The lowest BCUT2D eigenvalue weighted by molar-refractivity contribution is -0.146. The molecule has 90 valence electrons. The van der Waals surface area contributed by atoms with Crippen molar-refractivity contribution in [1.82, 2.24) is 9.78 Å². The van der Waals surface area contributed by atoms with Crippen LogP contribution in [0, 0.1) is 0 Å². The van der Waals surface area contributed by atoms with E-state index >= 15 is 0 Å². The van der Waals surface area contributed by atoms with Gasteiger partial charge in [0.25, 0.3) is 0 Å². The molecule has 0 fully saturated rings. The van der Waals surface area contributed by atoms with Crippen LogP contribution in [0.15, 0.2) is 24.3 Å². The summed E-state index contributed by atoms with van der Waals surface area (Å²) in [7, 11) is 0. The first kappa shape index (κ1) is 11.4. The van der Waals surface area contributed by atoms with Crippen LogP contribution in [0.25, 0.3) is 10.9 Å². The number of aromatic nitrogens is 2. The number of nitrogens with zero attached hydrogens (tertiary/aromatic N) is 2. The first-order valence-electron chi connectivity index (χ1n) is 4.64. The molecule has 0 amide bonds. The molecule has 0 aliphatic carbocycles. The van der Waals surface area contributed by atoms with Crippen molar-refractivity contribution in [3.8, 4) is 0 Å². The summed E-state index contributed by atoms with van der Waals surface area (Å²) in [4.78, 5) is 10.5. The van der Waals surface area contributed by atoms with Gasteiger partial charge in [-0.15, -0.1) is 0 Å². The Kier molecular flexibility index (Phi) is 2.53. The third kappa shape index (κ3) is 2.08. The van der Waals surface area contributed by atoms with Crippen molar-refractivity contribution in [3.63, 3.8) is 0 Å². The Morgan fingerprint density at radius 3 is 2.59 bits per heavy atom. The van der Waals surface area contributed by atoms with Crippen LogP contribution in [0.3, 0.4) is 0 Å². The molecule has 0 spiro atoms. The molecule has 1 aromatic heterocycles. The Morgan fingerprint density at radius 1 is 1.35 bits per heavy atom. The maximum atomic E-state index is 12.8. The van der Waals surface area contributed by atoms with Crippen molar-refractivity contribution in [3.05, 3.63) is 30.0 Å². The molecule has 0 aliphatic rings. The number of carbonyl (C=O) groups is 1. The Bertz CT molecular complexity index is 574. The molecule has 2 aromatic rings. The molecule has 7 heteroatoms. The van der Waals surface area contributed by atoms with E-state index in [0.717, 1.165) is 0 Å². The van der Waals surface area contributed by atoms with Crippen molar-refractivity contribution in [2.75, 3.05) is 0 Å². The van der Waals surface area contributed by atoms with E-state index in [0.29, 0.717) is 4.68 Å². The normalized spacial score (nSPS) is 11.9. The zero-order chi connectivity index (χ0) is 12.6. The van der Waals surface area contributed by atoms with Crippen molar-refractivity contribution >= 4 is 16.9 Å². The van der Waals surface area contributed by atoms with E-state index in [2.05, 4.69) is 5.10 Å². The molecule has 2 rings (SSSR count). The van der Waals surface area contributed by atoms with Gasteiger partial charge in [-0.05, 0) is 6.07 Å². The van der Waals surface area contributed by atoms with Crippen LogP contribution in [0.4, 0.5) is 13.2 Å². The lowest BCUT2D eigenvalue weighted by atomic mass is 10.2. The molecule has 0 unspecified atom stereocenters. The van der Waals surface area contributed by atoms with Gasteiger partial charge in [0.15, 0.2) is 5.69 Å². The van der Waals surface area contributed by atoms with Crippen LogP contribution in [-0.2, 0) is 17.5 Å². The van der Waals surface area contributed by atoms with E-state index < -0.39 is 24.4 Å². The minimum Gasteiger partial charge on any atom is -0.480 e. The number of rotatable bonds is 2. The summed E-state index contributed by atoms with van der Waals surface area (Å²) >= 11 is 0. The largest absolute Gasteiger partial charge is 0.480 e. The van der Waals surface area contributed by atoms with Gasteiger partial charge >= 0.3 is 12.1 Å². The summed E-state index contributed by atoms with van der Waals surface area (Å²) < 4.78 is 38.9. The molecule has 0 bridgehead atoms. The standard InChI is InChI=1S/C10H7F3N2O2/c11-10(12,13)9-6-3-1-2-4-7(6)14-15(9)5-8(16)17/h1-4H,5H2,(H,16,17). The molecule has 0 saturated heterocycles. The molecular formula is C10H7F3N2O2. The van der Waals surface area contributed by atoms with E-state index in [1.165, 1.54) is 18.2 Å². The van der Waals surface area contributed by atoms with E-state index in [1.54, 1.807) is 6.07 Å². The average Bonchev–Trinajstić information content (AvgIpc) is 2.53. The Morgan fingerprint density at radius 2 is 2.00 bits per heavy atom.